The van der Waals surface area contributed by atoms with E-state index in [-0.39, 0.29) is 30.5 Å². The molecule has 182 valence electrons. The van der Waals surface area contributed by atoms with Crippen molar-refractivity contribution in [1.82, 2.24) is 10.3 Å². The van der Waals surface area contributed by atoms with Crippen LogP contribution < -0.4 is 10.2 Å². The molecule has 0 aromatic carbocycles. The monoisotopic (exact) mass is 464 g/mol. The van der Waals surface area contributed by atoms with Crippen molar-refractivity contribution >= 4 is 23.4 Å². The van der Waals surface area contributed by atoms with Crippen LogP contribution in [0.2, 0.25) is 0 Å². The second-order valence-corrected chi connectivity index (χ2v) is 10.2. The predicted molar refractivity (Wildman–Crippen MR) is 119 cm³/mol. The molecule has 3 N–H and O–H groups in total. The molecule has 1 aliphatic heterocycles. The Morgan fingerprint density at radius 3 is 2.64 bits per heavy atom. The van der Waals surface area contributed by atoms with Gasteiger partial charge in [-0.25, -0.2) is 4.79 Å². The number of hydrogen-bond donors (Lipinski definition) is 3. The van der Waals surface area contributed by atoms with Crippen molar-refractivity contribution in [2.75, 3.05) is 18.0 Å². The van der Waals surface area contributed by atoms with Crippen molar-refractivity contribution in [3.05, 3.63) is 27.6 Å². The van der Waals surface area contributed by atoms with Crippen LogP contribution in [0.4, 0.5) is 16.2 Å². The van der Waals surface area contributed by atoms with Crippen LogP contribution in [-0.4, -0.2) is 62.5 Å². The molecule has 3 rings (SSSR count). The fraction of sp³-hybridized carbons (Fsp3) is 0.682. The molecule has 0 bridgehead atoms. The SMILES string of the molecule is C[C@H]1CN(c2c([N+](=O)[O-])cnc3c2CCC3CC(=O)O)C[C@@H](NC(=O)OC(C)(C)C)C1(C)O. The van der Waals surface area contributed by atoms with Crippen LogP contribution >= 0.6 is 0 Å². The second-order valence-electron chi connectivity index (χ2n) is 10.2. The zero-order valence-electron chi connectivity index (χ0n) is 19.6. The van der Waals surface area contributed by atoms with E-state index in [0.717, 1.165) is 0 Å². The lowest BCUT2D eigenvalue weighted by Gasteiger charge is -2.48. The number of aliphatic hydroxyl groups is 1. The molecule has 2 aliphatic rings. The van der Waals surface area contributed by atoms with Gasteiger partial charge in [-0.1, -0.05) is 6.92 Å². The molecule has 1 fully saturated rings. The van der Waals surface area contributed by atoms with Gasteiger partial charge in [0.1, 0.15) is 17.5 Å². The van der Waals surface area contributed by atoms with E-state index in [0.29, 0.717) is 36.3 Å². The Hall–Kier alpha value is -2.95. The van der Waals surface area contributed by atoms with Crippen LogP contribution in [-0.2, 0) is 16.0 Å². The second kappa shape index (κ2) is 8.77. The predicted octanol–water partition coefficient (Wildman–Crippen LogP) is 2.59. The number of ether oxygens (including phenoxy) is 1. The largest absolute Gasteiger partial charge is 0.481 e. The summed E-state index contributed by atoms with van der Waals surface area (Å²) >= 11 is 0. The molecule has 11 nitrogen and oxygen atoms in total. The van der Waals surface area contributed by atoms with Gasteiger partial charge < -0.3 is 25.2 Å². The van der Waals surface area contributed by atoms with Gasteiger partial charge in [0.15, 0.2) is 0 Å². The zero-order chi connectivity index (χ0) is 24.7. The molecule has 1 aromatic heterocycles. The minimum Gasteiger partial charge on any atom is -0.481 e. The summed E-state index contributed by atoms with van der Waals surface area (Å²) in [5.41, 5.74) is -0.546. The van der Waals surface area contributed by atoms with E-state index in [1.54, 1.807) is 32.6 Å². The topological polar surface area (TPSA) is 155 Å². The first-order valence-electron chi connectivity index (χ1n) is 11.1. The summed E-state index contributed by atoms with van der Waals surface area (Å²) < 4.78 is 5.34. The summed E-state index contributed by atoms with van der Waals surface area (Å²) in [4.78, 5) is 41.1. The maximum absolute atomic E-state index is 12.4. The number of carboxylic acids is 1. The molecule has 0 saturated carbocycles. The third-order valence-corrected chi connectivity index (χ3v) is 6.52. The number of nitro groups is 1. The summed E-state index contributed by atoms with van der Waals surface area (Å²) in [5, 5.41) is 34.9. The zero-order valence-corrected chi connectivity index (χ0v) is 19.6. The Bertz CT molecular complexity index is 957. The molecule has 1 aromatic rings. The average molecular weight is 465 g/mol. The van der Waals surface area contributed by atoms with Gasteiger partial charge in [0.25, 0.3) is 0 Å². The summed E-state index contributed by atoms with van der Waals surface area (Å²) in [6.07, 6.45) is 1.43. The molecule has 0 radical (unpaired) electrons. The van der Waals surface area contributed by atoms with E-state index < -0.39 is 34.2 Å². The summed E-state index contributed by atoms with van der Waals surface area (Å²) in [6, 6.07) is -0.754. The molecule has 11 heteroatoms. The molecule has 2 unspecified atom stereocenters. The smallest absolute Gasteiger partial charge is 0.408 e. The molecule has 33 heavy (non-hydrogen) atoms. The molecule has 4 atom stereocenters. The Balaban J connectivity index is 1.98. The molecule has 1 aliphatic carbocycles. The van der Waals surface area contributed by atoms with Gasteiger partial charge in [-0.3, -0.25) is 19.9 Å². The number of piperidine rings is 1. The molecule has 1 saturated heterocycles. The third-order valence-electron chi connectivity index (χ3n) is 6.52. The van der Waals surface area contributed by atoms with E-state index in [9.17, 15) is 29.9 Å². The van der Waals surface area contributed by atoms with Crippen molar-refractivity contribution in [3.63, 3.8) is 0 Å². The van der Waals surface area contributed by atoms with Crippen molar-refractivity contribution in [1.29, 1.82) is 0 Å². The van der Waals surface area contributed by atoms with Gasteiger partial charge in [0.2, 0.25) is 0 Å². The Kier molecular flexibility index (Phi) is 6.56. The summed E-state index contributed by atoms with van der Waals surface area (Å²) in [6.45, 7) is 9.09. The number of hydrogen-bond acceptors (Lipinski definition) is 8. The fourth-order valence-corrected chi connectivity index (χ4v) is 4.66. The molecular formula is C22H32N4O7. The fourth-order valence-electron chi connectivity index (χ4n) is 4.66. The van der Waals surface area contributed by atoms with Crippen LogP contribution in [0.15, 0.2) is 6.20 Å². The van der Waals surface area contributed by atoms with E-state index in [1.165, 1.54) is 6.20 Å². The van der Waals surface area contributed by atoms with Gasteiger partial charge in [0.05, 0.1) is 23.0 Å². The number of fused-ring (bicyclic) bond motifs is 1. The van der Waals surface area contributed by atoms with Gasteiger partial charge >= 0.3 is 17.7 Å². The number of nitrogens with zero attached hydrogens (tertiary/aromatic N) is 3. The van der Waals surface area contributed by atoms with Crippen LogP contribution in [0.25, 0.3) is 0 Å². The van der Waals surface area contributed by atoms with Gasteiger partial charge in [-0.2, -0.15) is 0 Å². The maximum Gasteiger partial charge on any atom is 0.408 e. The first kappa shape index (κ1) is 24.7. The Labute approximate surface area is 192 Å². The number of alkyl carbamates (subject to hydrolysis) is 1. The van der Waals surface area contributed by atoms with Gasteiger partial charge in [-0.15, -0.1) is 0 Å². The Morgan fingerprint density at radius 1 is 1.39 bits per heavy atom. The number of aromatic nitrogens is 1. The molecule has 2 heterocycles. The number of carboxylic acid groups (broad SMARTS) is 1. The summed E-state index contributed by atoms with van der Waals surface area (Å²) in [7, 11) is 0. The van der Waals surface area contributed by atoms with Gasteiger partial charge in [0, 0.05) is 36.2 Å². The maximum atomic E-state index is 12.4. The van der Waals surface area contributed by atoms with E-state index >= 15 is 0 Å². The average Bonchev–Trinajstić information content (AvgIpc) is 3.05. The van der Waals surface area contributed by atoms with Crippen molar-refractivity contribution in [3.8, 4) is 0 Å². The highest BCUT2D eigenvalue weighted by Crippen LogP contribution is 2.45. The van der Waals surface area contributed by atoms with Crippen LogP contribution in [0.1, 0.15) is 64.6 Å². The number of pyridine rings is 1. The van der Waals surface area contributed by atoms with Crippen molar-refractivity contribution in [2.45, 2.75) is 77.0 Å². The standard InChI is InChI=1S/C22H32N4O7/c1-12-10-25(11-16(22(12,5)30)24-20(29)33-21(2,3)4)19-14-7-6-13(8-17(27)28)18(14)23-9-15(19)26(31)32/h9,12-13,16,30H,6-8,10-11H2,1-5H3,(H,24,29)(H,27,28)/t12-,13?,16+,22?/m0/s1. The Morgan fingerprint density at radius 2 is 2.06 bits per heavy atom. The van der Waals surface area contributed by atoms with Crippen LogP contribution in [0, 0.1) is 16.0 Å². The number of amides is 1. The normalized spacial score (nSPS) is 27.1. The number of rotatable bonds is 5. The van der Waals surface area contributed by atoms with E-state index in [4.69, 9.17) is 4.74 Å². The quantitative estimate of drug-likeness (QED) is 0.440. The summed E-state index contributed by atoms with van der Waals surface area (Å²) in [5.74, 6) is -1.59. The van der Waals surface area contributed by atoms with Gasteiger partial charge in [-0.05, 0) is 40.5 Å². The highest BCUT2D eigenvalue weighted by Gasteiger charge is 2.46. The molecular weight excluding hydrogens is 432 g/mol. The molecule has 0 spiro atoms. The number of carbonyl (C=O) groups is 2. The minimum absolute atomic E-state index is 0.0921. The highest BCUT2D eigenvalue weighted by molar-refractivity contribution is 5.73. The van der Waals surface area contributed by atoms with E-state index in [2.05, 4.69) is 10.3 Å². The van der Waals surface area contributed by atoms with E-state index in [1.807, 2.05) is 6.92 Å². The lowest BCUT2D eigenvalue weighted by molar-refractivity contribution is -0.384. The van der Waals surface area contributed by atoms with Crippen LogP contribution in [0.3, 0.4) is 0 Å². The van der Waals surface area contributed by atoms with Crippen LogP contribution in [0.5, 0.6) is 0 Å². The van der Waals surface area contributed by atoms with Crippen molar-refractivity contribution in [2.24, 2.45) is 5.92 Å². The highest BCUT2D eigenvalue weighted by atomic mass is 16.6. The first-order valence-corrected chi connectivity index (χ1v) is 11.1. The first-order chi connectivity index (χ1) is 15.2. The number of aliphatic carboxylic acids is 1. The number of nitrogens with one attached hydrogen (secondary N) is 1. The minimum atomic E-state index is -1.27. The number of carbonyl (C=O) groups excluding carboxylic acids is 1. The third kappa shape index (κ3) is 5.18. The lowest BCUT2D eigenvalue weighted by atomic mass is 9.79. The lowest BCUT2D eigenvalue weighted by Crippen LogP contribution is -2.65. The van der Waals surface area contributed by atoms with Crippen molar-refractivity contribution < 1.29 is 29.5 Å². The molecule has 1 amide bonds. The number of anilines is 1.